The number of piperidine rings is 1. The van der Waals surface area contributed by atoms with Crippen molar-refractivity contribution in [1.29, 1.82) is 5.41 Å². The predicted molar refractivity (Wildman–Crippen MR) is 71.4 cm³/mol. The van der Waals surface area contributed by atoms with Gasteiger partial charge in [0.1, 0.15) is 5.82 Å². The van der Waals surface area contributed by atoms with Crippen LogP contribution in [0.4, 0.5) is 4.39 Å². The number of halogens is 2. The Hall–Kier alpha value is -1.29. The molecule has 1 aromatic carbocycles. The van der Waals surface area contributed by atoms with Crippen molar-refractivity contribution in [2.75, 3.05) is 13.1 Å². The van der Waals surface area contributed by atoms with Crippen molar-refractivity contribution in [2.45, 2.75) is 25.8 Å². The van der Waals surface area contributed by atoms with Gasteiger partial charge in [-0.2, -0.15) is 0 Å². The van der Waals surface area contributed by atoms with Crippen LogP contribution in [0.2, 0.25) is 5.02 Å². The highest BCUT2D eigenvalue weighted by molar-refractivity contribution is 6.31. The van der Waals surface area contributed by atoms with Gasteiger partial charge in [-0.25, -0.2) is 4.39 Å². The van der Waals surface area contributed by atoms with E-state index in [1.807, 2.05) is 4.90 Å². The lowest BCUT2D eigenvalue weighted by Crippen LogP contribution is -2.43. The van der Waals surface area contributed by atoms with E-state index in [0.29, 0.717) is 16.5 Å². The number of nitrogens with one attached hydrogen (secondary N) is 2. The van der Waals surface area contributed by atoms with Crippen LogP contribution in [0.1, 0.15) is 24.8 Å². The third-order valence-electron chi connectivity index (χ3n) is 3.17. The van der Waals surface area contributed by atoms with Crippen LogP contribution in [-0.2, 0) is 6.54 Å². The quantitative estimate of drug-likeness (QED) is 0.640. The second kappa shape index (κ2) is 6.05. The van der Waals surface area contributed by atoms with E-state index >= 15 is 0 Å². The molecule has 3 nitrogen and oxygen atoms in total. The van der Waals surface area contributed by atoms with Gasteiger partial charge in [0, 0.05) is 30.2 Å². The monoisotopic (exact) mass is 269 g/mol. The second-order valence-electron chi connectivity index (χ2n) is 4.45. The molecule has 0 amide bonds. The summed E-state index contributed by atoms with van der Waals surface area (Å²) in [5.41, 5.74) is 0.418. The lowest BCUT2D eigenvalue weighted by atomic mass is 10.1. The molecular weight excluding hydrogens is 253 g/mol. The third-order valence-corrected chi connectivity index (χ3v) is 3.52. The Morgan fingerprint density at radius 3 is 2.72 bits per heavy atom. The van der Waals surface area contributed by atoms with Gasteiger partial charge in [-0.15, -0.1) is 0 Å². The maximum Gasteiger partial charge on any atom is 0.191 e. The molecule has 0 saturated carbocycles. The fourth-order valence-corrected chi connectivity index (χ4v) is 2.33. The van der Waals surface area contributed by atoms with Gasteiger partial charge in [-0.3, -0.25) is 5.41 Å². The number of hydrogen-bond acceptors (Lipinski definition) is 1. The van der Waals surface area contributed by atoms with Crippen LogP contribution >= 0.6 is 11.6 Å². The number of rotatable bonds is 2. The normalized spacial score (nSPS) is 15.6. The highest BCUT2D eigenvalue weighted by atomic mass is 35.5. The minimum atomic E-state index is -0.332. The molecule has 1 aliphatic heterocycles. The number of nitrogens with zero attached hydrogens (tertiary/aromatic N) is 1. The molecule has 0 bridgehead atoms. The smallest absolute Gasteiger partial charge is 0.191 e. The summed E-state index contributed by atoms with van der Waals surface area (Å²) in [7, 11) is 0. The largest absolute Gasteiger partial charge is 0.352 e. The summed E-state index contributed by atoms with van der Waals surface area (Å²) in [6.45, 7) is 2.05. The third kappa shape index (κ3) is 3.13. The van der Waals surface area contributed by atoms with E-state index in [4.69, 9.17) is 17.0 Å². The first-order valence-corrected chi connectivity index (χ1v) is 6.56. The first-order chi connectivity index (χ1) is 8.68. The molecular formula is C13H17ClFN3. The Labute approximate surface area is 111 Å². The second-order valence-corrected chi connectivity index (χ2v) is 4.86. The summed E-state index contributed by atoms with van der Waals surface area (Å²) in [6, 6.07) is 4.62. The Kier molecular flexibility index (Phi) is 4.42. The van der Waals surface area contributed by atoms with Crippen LogP contribution in [0.15, 0.2) is 18.2 Å². The van der Waals surface area contributed by atoms with Gasteiger partial charge in [-0.05, 0) is 31.4 Å². The minimum absolute atomic E-state index is 0.251. The van der Waals surface area contributed by atoms with Crippen LogP contribution in [0, 0.1) is 11.2 Å². The number of likely N-dealkylation sites (tertiary alicyclic amines) is 1. The zero-order valence-electron chi connectivity index (χ0n) is 10.2. The van der Waals surface area contributed by atoms with Gasteiger partial charge in [0.2, 0.25) is 0 Å². The average molecular weight is 270 g/mol. The van der Waals surface area contributed by atoms with Gasteiger partial charge in [0.25, 0.3) is 0 Å². The van der Waals surface area contributed by atoms with Crippen LogP contribution in [0.5, 0.6) is 0 Å². The summed E-state index contributed by atoms with van der Waals surface area (Å²) >= 11 is 5.93. The van der Waals surface area contributed by atoms with Crippen LogP contribution < -0.4 is 5.32 Å². The number of hydrogen-bond donors (Lipinski definition) is 2. The van der Waals surface area contributed by atoms with Gasteiger partial charge in [0.15, 0.2) is 5.96 Å². The van der Waals surface area contributed by atoms with Crippen molar-refractivity contribution in [3.63, 3.8) is 0 Å². The molecule has 0 aliphatic carbocycles. The fraction of sp³-hybridized carbons (Fsp3) is 0.462. The first-order valence-electron chi connectivity index (χ1n) is 6.19. The van der Waals surface area contributed by atoms with Gasteiger partial charge in [0.05, 0.1) is 0 Å². The minimum Gasteiger partial charge on any atom is -0.352 e. The zero-order valence-corrected chi connectivity index (χ0v) is 10.9. The average Bonchev–Trinajstić information content (AvgIpc) is 2.39. The molecule has 1 fully saturated rings. The van der Waals surface area contributed by atoms with Crippen molar-refractivity contribution in [3.8, 4) is 0 Å². The molecule has 5 heteroatoms. The summed E-state index contributed by atoms with van der Waals surface area (Å²) in [5, 5.41) is 11.3. The molecule has 1 aromatic rings. The van der Waals surface area contributed by atoms with E-state index in [1.165, 1.54) is 12.5 Å². The molecule has 1 heterocycles. The summed E-state index contributed by atoms with van der Waals surface area (Å²) < 4.78 is 13.5. The zero-order chi connectivity index (χ0) is 13.0. The van der Waals surface area contributed by atoms with Crippen LogP contribution in [0.25, 0.3) is 0 Å². The molecule has 2 N–H and O–H groups in total. The van der Waals surface area contributed by atoms with E-state index in [2.05, 4.69) is 5.32 Å². The topological polar surface area (TPSA) is 39.1 Å². The Morgan fingerprint density at radius 2 is 2.06 bits per heavy atom. The molecule has 2 rings (SSSR count). The summed E-state index contributed by atoms with van der Waals surface area (Å²) in [6.07, 6.45) is 3.46. The summed E-state index contributed by atoms with van der Waals surface area (Å²) in [5.74, 6) is 0.0236. The van der Waals surface area contributed by atoms with Crippen molar-refractivity contribution >= 4 is 17.6 Å². The van der Waals surface area contributed by atoms with Crippen LogP contribution in [-0.4, -0.2) is 23.9 Å². The number of guanidine groups is 1. The maximum atomic E-state index is 13.5. The van der Waals surface area contributed by atoms with Crippen molar-refractivity contribution < 1.29 is 4.39 Å². The Morgan fingerprint density at radius 1 is 1.33 bits per heavy atom. The van der Waals surface area contributed by atoms with E-state index < -0.39 is 0 Å². The first kappa shape index (κ1) is 13.1. The predicted octanol–water partition coefficient (Wildman–Crippen LogP) is 2.99. The molecule has 0 spiro atoms. The SMILES string of the molecule is N=C(NCc1c(F)cccc1Cl)N1CCCCC1. The van der Waals surface area contributed by atoms with E-state index in [0.717, 1.165) is 25.9 Å². The van der Waals surface area contributed by atoms with Gasteiger partial charge >= 0.3 is 0 Å². The highest BCUT2D eigenvalue weighted by Gasteiger charge is 2.14. The van der Waals surface area contributed by atoms with Crippen molar-refractivity contribution in [1.82, 2.24) is 10.2 Å². The van der Waals surface area contributed by atoms with E-state index in [-0.39, 0.29) is 12.4 Å². The fourth-order valence-electron chi connectivity index (χ4n) is 2.10. The lowest BCUT2D eigenvalue weighted by Gasteiger charge is -2.29. The molecule has 0 atom stereocenters. The molecule has 0 unspecified atom stereocenters. The summed E-state index contributed by atoms with van der Waals surface area (Å²) in [4.78, 5) is 1.98. The van der Waals surface area contributed by atoms with Crippen molar-refractivity contribution in [2.24, 2.45) is 0 Å². The van der Waals surface area contributed by atoms with Gasteiger partial charge < -0.3 is 10.2 Å². The molecule has 98 valence electrons. The van der Waals surface area contributed by atoms with Gasteiger partial charge in [-0.1, -0.05) is 17.7 Å². The molecule has 0 aromatic heterocycles. The van der Waals surface area contributed by atoms with E-state index in [9.17, 15) is 4.39 Å². The Bertz CT molecular complexity index is 410. The molecule has 0 radical (unpaired) electrons. The lowest BCUT2D eigenvalue weighted by molar-refractivity contribution is 0.329. The van der Waals surface area contributed by atoms with Crippen LogP contribution in [0.3, 0.4) is 0 Å². The number of benzene rings is 1. The Balaban J connectivity index is 1.92. The molecule has 1 saturated heterocycles. The maximum absolute atomic E-state index is 13.5. The van der Waals surface area contributed by atoms with E-state index in [1.54, 1.807) is 12.1 Å². The van der Waals surface area contributed by atoms with Crippen molar-refractivity contribution in [3.05, 3.63) is 34.6 Å². The molecule has 18 heavy (non-hydrogen) atoms. The molecule has 1 aliphatic rings. The standard InChI is InChI=1S/C13H17ClFN3/c14-11-5-4-6-12(15)10(11)9-17-13(16)18-7-2-1-3-8-18/h4-6H,1-3,7-9H2,(H2,16,17). The highest BCUT2D eigenvalue weighted by Crippen LogP contribution is 2.18.